The first kappa shape index (κ1) is 17.8. The van der Waals surface area contributed by atoms with E-state index in [1.165, 1.54) is 24.8 Å². The fourth-order valence-corrected chi connectivity index (χ4v) is 5.14. The molecule has 2 bridgehead atoms. The standard InChI is InChI=1S/C21H26N4O3/c26-19-6-5-18(20(27)23-19)25-11-14-9-13(1-4-17(14)21(25)28)10-24-8-7-15-2-3-16(12-24)22-15/h1,4,9,15-16,18,22H,2-3,5-8,10-12H2,(H,23,26,27). The molecular formula is C21H26N4O3. The quantitative estimate of drug-likeness (QED) is 0.755. The molecule has 4 heterocycles. The van der Waals surface area contributed by atoms with Crippen LogP contribution in [-0.4, -0.2) is 58.7 Å². The van der Waals surface area contributed by atoms with Crippen LogP contribution in [0, 0.1) is 0 Å². The van der Waals surface area contributed by atoms with Gasteiger partial charge in [-0.3, -0.25) is 24.6 Å². The number of fused-ring (bicyclic) bond motifs is 3. The molecule has 3 fully saturated rings. The summed E-state index contributed by atoms with van der Waals surface area (Å²) in [7, 11) is 0. The molecule has 3 saturated heterocycles. The van der Waals surface area contributed by atoms with Crippen molar-refractivity contribution in [1.29, 1.82) is 0 Å². The Bertz CT molecular complexity index is 839. The molecule has 0 saturated carbocycles. The largest absolute Gasteiger partial charge is 0.322 e. The van der Waals surface area contributed by atoms with Crippen molar-refractivity contribution >= 4 is 17.7 Å². The predicted octanol–water partition coefficient (Wildman–Crippen LogP) is 0.774. The highest BCUT2D eigenvalue weighted by atomic mass is 16.2. The van der Waals surface area contributed by atoms with Gasteiger partial charge in [0, 0.05) is 50.2 Å². The first-order chi connectivity index (χ1) is 13.6. The first-order valence-corrected chi connectivity index (χ1v) is 10.3. The second-order valence-corrected chi connectivity index (χ2v) is 8.55. The van der Waals surface area contributed by atoms with Gasteiger partial charge in [0.2, 0.25) is 11.8 Å². The van der Waals surface area contributed by atoms with Crippen LogP contribution in [0.15, 0.2) is 18.2 Å². The summed E-state index contributed by atoms with van der Waals surface area (Å²) in [6.45, 7) is 3.52. The third-order valence-corrected chi connectivity index (χ3v) is 6.60. The van der Waals surface area contributed by atoms with Gasteiger partial charge in [0.1, 0.15) is 6.04 Å². The maximum absolute atomic E-state index is 12.8. The molecule has 4 aliphatic rings. The number of nitrogens with one attached hydrogen (secondary N) is 2. The number of benzene rings is 1. The van der Waals surface area contributed by atoms with Gasteiger partial charge in [0.25, 0.3) is 5.91 Å². The van der Waals surface area contributed by atoms with E-state index in [2.05, 4.69) is 21.6 Å². The molecule has 0 spiro atoms. The van der Waals surface area contributed by atoms with Crippen LogP contribution in [0.3, 0.4) is 0 Å². The highest BCUT2D eigenvalue weighted by Crippen LogP contribution is 2.29. The number of hydrogen-bond acceptors (Lipinski definition) is 5. The van der Waals surface area contributed by atoms with Gasteiger partial charge >= 0.3 is 0 Å². The number of amides is 3. The zero-order valence-electron chi connectivity index (χ0n) is 15.9. The molecule has 7 nitrogen and oxygen atoms in total. The van der Waals surface area contributed by atoms with Gasteiger partial charge in [-0.1, -0.05) is 12.1 Å². The average Bonchev–Trinajstić information content (AvgIpc) is 3.17. The predicted molar refractivity (Wildman–Crippen MR) is 102 cm³/mol. The molecule has 0 radical (unpaired) electrons. The molecule has 148 valence electrons. The molecule has 4 aliphatic heterocycles. The molecule has 3 unspecified atom stereocenters. The number of rotatable bonds is 3. The van der Waals surface area contributed by atoms with Crippen LogP contribution in [0.4, 0.5) is 0 Å². The molecule has 3 atom stereocenters. The smallest absolute Gasteiger partial charge is 0.255 e. The van der Waals surface area contributed by atoms with Crippen LogP contribution in [0.5, 0.6) is 0 Å². The Balaban J connectivity index is 1.29. The number of carbonyl (C=O) groups is 3. The first-order valence-electron chi connectivity index (χ1n) is 10.3. The minimum absolute atomic E-state index is 0.104. The summed E-state index contributed by atoms with van der Waals surface area (Å²) in [5.41, 5.74) is 2.89. The molecule has 7 heteroatoms. The minimum Gasteiger partial charge on any atom is -0.322 e. The van der Waals surface area contributed by atoms with E-state index in [9.17, 15) is 14.4 Å². The minimum atomic E-state index is -0.548. The lowest BCUT2D eigenvalue weighted by Gasteiger charge is -2.29. The monoisotopic (exact) mass is 382 g/mol. The third kappa shape index (κ3) is 3.22. The second-order valence-electron chi connectivity index (χ2n) is 8.55. The zero-order valence-corrected chi connectivity index (χ0v) is 15.9. The molecule has 28 heavy (non-hydrogen) atoms. The molecule has 0 aromatic heterocycles. The SMILES string of the molecule is O=C1CCC(N2Cc3cc(CN4CCC5CCC(C4)N5)ccc3C2=O)C(=O)N1. The topological polar surface area (TPSA) is 81.8 Å². The van der Waals surface area contributed by atoms with E-state index in [4.69, 9.17) is 0 Å². The summed E-state index contributed by atoms with van der Waals surface area (Å²) in [4.78, 5) is 40.5. The number of carbonyl (C=O) groups excluding carboxylic acids is 3. The van der Waals surface area contributed by atoms with Gasteiger partial charge in [0.05, 0.1) is 0 Å². The van der Waals surface area contributed by atoms with Crippen molar-refractivity contribution < 1.29 is 14.4 Å². The summed E-state index contributed by atoms with van der Waals surface area (Å²) in [6, 6.07) is 6.80. The Labute approximate surface area is 164 Å². The van der Waals surface area contributed by atoms with Crippen molar-refractivity contribution in [3.05, 3.63) is 34.9 Å². The fraction of sp³-hybridized carbons (Fsp3) is 0.571. The van der Waals surface area contributed by atoms with Crippen molar-refractivity contribution in [2.24, 2.45) is 0 Å². The number of hydrogen-bond donors (Lipinski definition) is 2. The van der Waals surface area contributed by atoms with E-state index in [0.29, 0.717) is 30.6 Å². The van der Waals surface area contributed by atoms with Gasteiger partial charge in [-0.2, -0.15) is 0 Å². The highest BCUT2D eigenvalue weighted by Gasteiger charge is 2.39. The molecule has 1 aromatic rings. The Morgan fingerprint density at radius 2 is 1.89 bits per heavy atom. The second kappa shape index (κ2) is 6.97. The molecule has 0 aliphatic carbocycles. The summed E-state index contributed by atoms with van der Waals surface area (Å²) >= 11 is 0. The van der Waals surface area contributed by atoms with E-state index >= 15 is 0 Å². The lowest BCUT2D eigenvalue weighted by Crippen LogP contribution is -2.52. The van der Waals surface area contributed by atoms with E-state index in [-0.39, 0.29) is 24.1 Å². The third-order valence-electron chi connectivity index (χ3n) is 6.60. The van der Waals surface area contributed by atoms with Crippen molar-refractivity contribution in [3.8, 4) is 0 Å². The number of nitrogens with zero attached hydrogens (tertiary/aromatic N) is 2. The average molecular weight is 382 g/mol. The zero-order chi connectivity index (χ0) is 19.3. The molecule has 2 N–H and O–H groups in total. The molecule has 1 aromatic carbocycles. The van der Waals surface area contributed by atoms with Gasteiger partial charge in [-0.05, 0) is 42.9 Å². The van der Waals surface area contributed by atoms with Crippen LogP contribution in [0.2, 0.25) is 0 Å². The van der Waals surface area contributed by atoms with E-state index in [1.54, 1.807) is 4.90 Å². The van der Waals surface area contributed by atoms with Crippen molar-refractivity contribution in [2.75, 3.05) is 13.1 Å². The van der Waals surface area contributed by atoms with Gasteiger partial charge in [-0.15, -0.1) is 0 Å². The number of imide groups is 1. The highest BCUT2D eigenvalue weighted by molar-refractivity contribution is 6.05. The molecule has 5 rings (SSSR count). The molecular weight excluding hydrogens is 356 g/mol. The summed E-state index contributed by atoms with van der Waals surface area (Å²) < 4.78 is 0. The van der Waals surface area contributed by atoms with Crippen LogP contribution < -0.4 is 10.6 Å². The van der Waals surface area contributed by atoms with E-state index < -0.39 is 6.04 Å². The summed E-state index contributed by atoms with van der Waals surface area (Å²) in [6.07, 6.45) is 4.45. The summed E-state index contributed by atoms with van der Waals surface area (Å²) in [5, 5.41) is 6.06. The van der Waals surface area contributed by atoms with Crippen molar-refractivity contribution in [3.63, 3.8) is 0 Å². The fourth-order valence-electron chi connectivity index (χ4n) is 5.14. The Morgan fingerprint density at radius 1 is 1.04 bits per heavy atom. The maximum atomic E-state index is 12.8. The Hall–Kier alpha value is -2.25. The number of likely N-dealkylation sites (tertiary alicyclic amines) is 1. The van der Waals surface area contributed by atoms with Gasteiger partial charge in [-0.25, -0.2) is 0 Å². The lowest BCUT2D eigenvalue weighted by molar-refractivity contribution is -0.136. The number of piperidine rings is 1. The van der Waals surface area contributed by atoms with E-state index in [1.807, 2.05) is 12.1 Å². The van der Waals surface area contributed by atoms with E-state index in [0.717, 1.165) is 25.2 Å². The molecule has 3 amide bonds. The Kier molecular flexibility index (Phi) is 4.44. The van der Waals surface area contributed by atoms with Crippen LogP contribution >= 0.6 is 0 Å². The van der Waals surface area contributed by atoms with Gasteiger partial charge in [0.15, 0.2) is 0 Å². The van der Waals surface area contributed by atoms with Gasteiger partial charge < -0.3 is 10.2 Å². The maximum Gasteiger partial charge on any atom is 0.255 e. The van der Waals surface area contributed by atoms with Crippen LogP contribution in [0.25, 0.3) is 0 Å². The van der Waals surface area contributed by atoms with Crippen molar-refractivity contribution in [1.82, 2.24) is 20.4 Å². The van der Waals surface area contributed by atoms with Crippen LogP contribution in [0.1, 0.15) is 53.6 Å². The normalized spacial score (nSPS) is 30.4. The lowest BCUT2D eigenvalue weighted by atomic mass is 10.0. The summed E-state index contributed by atoms with van der Waals surface area (Å²) in [5.74, 6) is -0.717. The van der Waals surface area contributed by atoms with Crippen LogP contribution in [-0.2, 0) is 22.7 Å². The van der Waals surface area contributed by atoms with Crippen molar-refractivity contribution in [2.45, 2.75) is 63.3 Å². The Morgan fingerprint density at radius 3 is 2.75 bits per heavy atom.